The molecule has 3 rings (SSSR count). The van der Waals surface area contributed by atoms with Gasteiger partial charge in [-0.25, -0.2) is 4.59 Å². The predicted octanol–water partition coefficient (Wildman–Crippen LogP) is 2.54. The van der Waals surface area contributed by atoms with Gasteiger partial charge in [0.05, 0.1) is 7.05 Å². The van der Waals surface area contributed by atoms with Gasteiger partial charge >= 0.3 is 0 Å². The zero-order valence-electron chi connectivity index (χ0n) is 13.5. The van der Waals surface area contributed by atoms with Gasteiger partial charge in [0.25, 0.3) is 0 Å². The molecule has 116 valence electrons. The molecule has 3 nitrogen and oxygen atoms in total. The first kappa shape index (κ1) is 15.2. The van der Waals surface area contributed by atoms with Crippen LogP contribution in [-0.4, -0.2) is 42.3 Å². The summed E-state index contributed by atoms with van der Waals surface area (Å²) < 4.78 is 1.77. The molecule has 2 aromatic carbocycles. The number of benzene rings is 2. The molecule has 0 bridgehead atoms. The van der Waals surface area contributed by atoms with Crippen LogP contribution in [0, 0.1) is 0 Å². The molecule has 1 aliphatic heterocycles. The predicted molar refractivity (Wildman–Crippen MR) is 90.4 cm³/mol. The van der Waals surface area contributed by atoms with Crippen LogP contribution in [0.2, 0.25) is 0 Å². The lowest BCUT2D eigenvalue weighted by molar-refractivity contribution is -1.04. The Bertz CT molecular complexity index is 531. The van der Waals surface area contributed by atoms with Crippen molar-refractivity contribution in [3.63, 3.8) is 0 Å². The molecule has 1 heterocycles. The van der Waals surface area contributed by atoms with Crippen LogP contribution < -0.4 is 5.84 Å². The minimum Gasteiger partial charge on any atom is -0.313 e. The van der Waals surface area contributed by atoms with E-state index in [-0.39, 0.29) is 0 Å². The number of hydrogen-bond acceptors (Lipinski definition) is 1. The van der Waals surface area contributed by atoms with E-state index in [9.17, 15) is 0 Å². The maximum absolute atomic E-state index is 6.63. The lowest BCUT2D eigenvalue weighted by atomic mass is 10.1. The number of quaternary nitrogens is 2. The molecule has 22 heavy (non-hydrogen) atoms. The molecular weight excluding hydrogens is 270 g/mol. The molecule has 1 fully saturated rings. The van der Waals surface area contributed by atoms with E-state index in [4.69, 9.17) is 5.84 Å². The van der Waals surface area contributed by atoms with Crippen molar-refractivity contribution in [3.8, 4) is 0 Å². The van der Waals surface area contributed by atoms with E-state index in [1.165, 1.54) is 11.1 Å². The van der Waals surface area contributed by atoms with Gasteiger partial charge in [-0.1, -0.05) is 60.7 Å². The summed E-state index contributed by atoms with van der Waals surface area (Å²) in [5, 5.41) is 0. The summed E-state index contributed by atoms with van der Waals surface area (Å²) in [4.78, 5) is 0. The standard InChI is InChI=1S/C19H27N3/c1-21(16-18-8-4-2-5-9-18)12-14-22(20,15-13-21)17-19-10-6-3-7-11-19/h2-11H,12-17,20H2,1H3/q+2. The quantitative estimate of drug-likeness (QED) is 0.681. The molecule has 3 heteroatoms. The number of rotatable bonds is 4. The number of nitrogens with zero attached hydrogens (tertiary/aromatic N) is 2. The number of piperazine rings is 1. The van der Waals surface area contributed by atoms with Crippen molar-refractivity contribution in [2.45, 2.75) is 13.1 Å². The highest BCUT2D eigenvalue weighted by Gasteiger charge is 2.38. The van der Waals surface area contributed by atoms with Gasteiger partial charge < -0.3 is 4.48 Å². The van der Waals surface area contributed by atoms with E-state index in [0.717, 1.165) is 43.8 Å². The van der Waals surface area contributed by atoms with Crippen LogP contribution in [0.15, 0.2) is 60.7 Å². The van der Waals surface area contributed by atoms with Gasteiger partial charge in [0.1, 0.15) is 39.3 Å². The van der Waals surface area contributed by atoms with Gasteiger partial charge in [-0.3, -0.25) is 0 Å². The van der Waals surface area contributed by atoms with Gasteiger partial charge in [0.2, 0.25) is 0 Å². The van der Waals surface area contributed by atoms with Gasteiger partial charge in [-0.05, 0) is 0 Å². The molecule has 0 radical (unpaired) electrons. The summed E-state index contributed by atoms with van der Waals surface area (Å²) in [5.74, 6) is 6.63. The Hall–Kier alpha value is -1.68. The average molecular weight is 297 g/mol. The van der Waals surface area contributed by atoms with Crippen molar-refractivity contribution in [2.75, 3.05) is 33.2 Å². The fourth-order valence-electron chi connectivity index (χ4n) is 3.39. The summed E-state index contributed by atoms with van der Waals surface area (Å²) >= 11 is 0. The Balaban J connectivity index is 1.61. The Morgan fingerprint density at radius 1 is 0.727 bits per heavy atom. The Kier molecular flexibility index (Phi) is 4.30. The summed E-state index contributed by atoms with van der Waals surface area (Å²) in [6.45, 7) is 6.39. The molecule has 0 aromatic heterocycles. The van der Waals surface area contributed by atoms with E-state index in [1.54, 1.807) is 0 Å². The molecule has 0 atom stereocenters. The topological polar surface area (TPSA) is 26.0 Å². The van der Waals surface area contributed by atoms with E-state index >= 15 is 0 Å². The van der Waals surface area contributed by atoms with Crippen molar-refractivity contribution in [1.29, 1.82) is 0 Å². The fourth-order valence-corrected chi connectivity index (χ4v) is 3.39. The largest absolute Gasteiger partial charge is 0.313 e. The minimum atomic E-state index is 0.673. The minimum absolute atomic E-state index is 0.673. The van der Waals surface area contributed by atoms with E-state index < -0.39 is 0 Å². The van der Waals surface area contributed by atoms with Gasteiger partial charge in [-0.15, -0.1) is 0 Å². The normalized spacial score (nSPS) is 28.5. The van der Waals surface area contributed by atoms with E-state index in [2.05, 4.69) is 67.7 Å². The summed E-state index contributed by atoms with van der Waals surface area (Å²) in [5.41, 5.74) is 2.76. The number of likely N-dealkylation sites (N-methyl/N-ethyl adjacent to an activating group) is 1. The molecule has 2 N–H and O–H groups in total. The molecule has 1 aliphatic rings. The van der Waals surface area contributed by atoms with Crippen LogP contribution in [0.4, 0.5) is 0 Å². The van der Waals surface area contributed by atoms with Crippen LogP contribution in [0.25, 0.3) is 0 Å². The molecule has 0 spiro atoms. The zero-order valence-corrected chi connectivity index (χ0v) is 13.5. The van der Waals surface area contributed by atoms with Crippen molar-refractivity contribution in [1.82, 2.24) is 0 Å². The van der Waals surface area contributed by atoms with Gasteiger partial charge in [0.15, 0.2) is 0 Å². The van der Waals surface area contributed by atoms with E-state index in [1.807, 2.05) is 0 Å². The summed E-state index contributed by atoms with van der Waals surface area (Å²) in [6, 6.07) is 21.4. The SMILES string of the molecule is C[N+]1(Cc2ccccc2)CC[N+](N)(Cc2ccccc2)CC1. The molecular formula is C19H27N3+2. The average Bonchev–Trinajstić information content (AvgIpc) is 2.53. The lowest BCUT2D eigenvalue weighted by Crippen LogP contribution is -2.67. The first-order valence-corrected chi connectivity index (χ1v) is 8.13. The second kappa shape index (κ2) is 6.21. The summed E-state index contributed by atoms with van der Waals surface area (Å²) in [7, 11) is 2.36. The maximum atomic E-state index is 6.63. The second-order valence-electron chi connectivity index (χ2n) is 7.02. The third-order valence-corrected chi connectivity index (χ3v) is 4.92. The monoisotopic (exact) mass is 297 g/mol. The number of nitrogens with two attached hydrogens (primary N) is 1. The highest BCUT2D eigenvalue weighted by atomic mass is 15.6. The smallest absolute Gasteiger partial charge is 0.146 e. The molecule has 2 aromatic rings. The molecule has 0 amide bonds. The Morgan fingerprint density at radius 2 is 1.18 bits per heavy atom. The Morgan fingerprint density at radius 3 is 1.68 bits per heavy atom. The van der Waals surface area contributed by atoms with Crippen LogP contribution in [0.5, 0.6) is 0 Å². The first-order chi connectivity index (χ1) is 10.6. The van der Waals surface area contributed by atoms with E-state index in [0.29, 0.717) is 4.59 Å². The third kappa shape index (κ3) is 3.74. The van der Waals surface area contributed by atoms with Gasteiger partial charge in [-0.2, -0.15) is 5.84 Å². The highest BCUT2D eigenvalue weighted by molar-refractivity contribution is 5.14. The van der Waals surface area contributed by atoms with Crippen LogP contribution in [0.3, 0.4) is 0 Å². The van der Waals surface area contributed by atoms with Crippen LogP contribution in [-0.2, 0) is 13.1 Å². The third-order valence-electron chi connectivity index (χ3n) is 4.92. The molecule has 0 aliphatic carbocycles. The lowest BCUT2D eigenvalue weighted by Gasteiger charge is -2.45. The molecule has 0 unspecified atom stereocenters. The first-order valence-electron chi connectivity index (χ1n) is 8.13. The van der Waals surface area contributed by atoms with Crippen LogP contribution >= 0.6 is 0 Å². The van der Waals surface area contributed by atoms with Crippen molar-refractivity contribution in [3.05, 3.63) is 71.8 Å². The van der Waals surface area contributed by atoms with Crippen LogP contribution in [0.1, 0.15) is 11.1 Å². The highest BCUT2D eigenvalue weighted by Crippen LogP contribution is 2.20. The number of hydrogen-bond donors (Lipinski definition) is 1. The summed E-state index contributed by atoms with van der Waals surface area (Å²) in [6.07, 6.45) is 0. The van der Waals surface area contributed by atoms with Crippen molar-refractivity contribution >= 4 is 0 Å². The van der Waals surface area contributed by atoms with Gasteiger partial charge in [0, 0.05) is 11.1 Å². The fraction of sp³-hybridized carbons (Fsp3) is 0.368. The molecule has 0 saturated carbocycles. The van der Waals surface area contributed by atoms with Crippen molar-refractivity contribution in [2.24, 2.45) is 5.84 Å². The zero-order chi connectivity index (χ0) is 15.5. The Labute approximate surface area is 133 Å². The second-order valence-corrected chi connectivity index (χ2v) is 7.02. The van der Waals surface area contributed by atoms with Crippen molar-refractivity contribution < 1.29 is 9.08 Å². The maximum Gasteiger partial charge on any atom is 0.146 e. The molecule has 1 saturated heterocycles.